The van der Waals surface area contributed by atoms with Crippen LogP contribution in [0.1, 0.15) is 34.0 Å². The number of aromatic nitrogens is 1. The first kappa shape index (κ1) is 21.0. The Hall–Kier alpha value is -3.21. The average molecular weight is 418 g/mol. The number of carbonyl (C=O) groups excluding carboxylic acids is 1. The van der Waals surface area contributed by atoms with Crippen LogP contribution >= 0.6 is 0 Å². The average Bonchev–Trinajstić information content (AvgIpc) is 3.20. The van der Waals surface area contributed by atoms with Crippen molar-refractivity contribution in [1.29, 1.82) is 0 Å². The van der Waals surface area contributed by atoms with Crippen molar-refractivity contribution in [1.82, 2.24) is 4.98 Å². The Balaban J connectivity index is 1.60. The van der Waals surface area contributed by atoms with E-state index in [0.717, 1.165) is 43.3 Å². The minimum absolute atomic E-state index is 0.274. The highest BCUT2D eigenvalue weighted by molar-refractivity contribution is 5.97. The van der Waals surface area contributed by atoms with E-state index in [9.17, 15) is 4.79 Å². The van der Waals surface area contributed by atoms with E-state index >= 15 is 0 Å². The highest BCUT2D eigenvalue weighted by Gasteiger charge is 2.26. The van der Waals surface area contributed by atoms with Gasteiger partial charge in [0.2, 0.25) is 0 Å². The van der Waals surface area contributed by atoms with Gasteiger partial charge >= 0.3 is 5.97 Å². The van der Waals surface area contributed by atoms with Crippen LogP contribution in [-0.2, 0) is 4.74 Å². The van der Waals surface area contributed by atoms with Gasteiger partial charge in [0, 0.05) is 37.6 Å². The summed E-state index contributed by atoms with van der Waals surface area (Å²) in [7, 11) is 0. The lowest BCUT2D eigenvalue weighted by Gasteiger charge is -2.38. The van der Waals surface area contributed by atoms with Gasteiger partial charge in [-0.2, -0.15) is 0 Å². The first-order valence-corrected chi connectivity index (χ1v) is 11.0. The van der Waals surface area contributed by atoms with Crippen LogP contribution in [0.5, 0.6) is 0 Å². The van der Waals surface area contributed by atoms with Crippen LogP contribution in [0.2, 0.25) is 0 Å². The van der Waals surface area contributed by atoms with Gasteiger partial charge in [0.25, 0.3) is 0 Å². The minimum atomic E-state index is -0.274. The SMILES string of the molecule is CCOC(=O)c1cc(-c2ccc(C)cc2)[nH]c1N1CCN(c2c(C)cccc2C)CC1. The van der Waals surface area contributed by atoms with Gasteiger partial charge in [0.15, 0.2) is 0 Å². The second-order valence-electron chi connectivity index (χ2n) is 8.25. The number of H-pyrrole nitrogens is 1. The Bertz CT molecular complexity index is 1040. The number of carbonyl (C=O) groups is 1. The van der Waals surface area contributed by atoms with Crippen molar-refractivity contribution in [2.75, 3.05) is 42.6 Å². The Morgan fingerprint density at radius 3 is 2.16 bits per heavy atom. The van der Waals surface area contributed by atoms with Crippen LogP contribution < -0.4 is 9.80 Å². The number of ether oxygens (including phenoxy) is 1. The smallest absolute Gasteiger partial charge is 0.341 e. The molecule has 2 heterocycles. The Kier molecular flexibility index (Phi) is 6.03. The summed E-state index contributed by atoms with van der Waals surface area (Å²) in [6.07, 6.45) is 0. The number of rotatable bonds is 5. The molecule has 0 radical (unpaired) electrons. The van der Waals surface area contributed by atoms with Gasteiger partial charge in [0.1, 0.15) is 11.4 Å². The molecule has 2 aromatic carbocycles. The fourth-order valence-electron chi connectivity index (χ4n) is 4.40. The van der Waals surface area contributed by atoms with Gasteiger partial charge < -0.3 is 19.5 Å². The lowest BCUT2D eigenvalue weighted by molar-refractivity contribution is 0.0527. The number of hydrogen-bond acceptors (Lipinski definition) is 4. The predicted octanol–water partition coefficient (Wildman–Crippen LogP) is 5.11. The number of aromatic amines is 1. The molecule has 162 valence electrons. The predicted molar refractivity (Wildman–Crippen MR) is 127 cm³/mol. The standard InChI is InChI=1S/C26H31N3O2/c1-5-31-26(30)22-17-23(21-11-9-18(2)10-12-21)27-25(22)29-15-13-28(14-16-29)24-19(3)7-6-8-20(24)4/h6-12,17,27H,5,13-16H2,1-4H3. The molecule has 0 amide bonds. The Labute approximate surface area is 184 Å². The normalized spacial score (nSPS) is 14.1. The lowest BCUT2D eigenvalue weighted by atomic mass is 10.1. The zero-order valence-electron chi connectivity index (χ0n) is 18.9. The van der Waals surface area contributed by atoms with Crippen LogP contribution in [0, 0.1) is 20.8 Å². The molecule has 4 rings (SSSR count). The number of aryl methyl sites for hydroxylation is 3. The fraction of sp³-hybridized carbons (Fsp3) is 0.346. The molecule has 0 unspecified atom stereocenters. The van der Waals surface area contributed by atoms with Crippen LogP contribution in [0.15, 0.2) is 48.5 Å². The highest BCUT2D eigenvalue weighted by atomic mass is 16.5. The molecular weight excluding hydrogens is 386 g/mol. The maximum absolute atomic E-state index is 12.7. The number of esters is 1. The fourth-order valence-corrected chi connectivity index (χ4v) is 4.40. The van der Waals surface area contributed by atoms with Crippen LogP contribution in [0.4, 0.5) is 11.5 Å². The van der Waals surface area contributed by atoms with Crippen molar-refractivity contribution in [2.45, 2.75) is 27.7 Å². The molecule has 5 nitrogen and oxygen atoms in total. The van der Waals surface area contributed by atoms with E-state index in [4.69, 9.17) is 4.74 Å². The molecule has 0 saturated carbocycles. The van der Waals surface area contributed by atoms with Gasteiger partial charge in [-0.05, 0) is 50.5 Å². The zero-order chi connectivity index (χ0) is 22.0. The van der Waals surface area contributed by atoms with Crippen molar-refractivity contribution >= 4 is 17.5 Å². The van der Waals surface area contributed by atoms with Crippen LogP contribution in [0.25, 0.3) is 11.3 Å². The van der Waals surface area contributed by atoms with Gasteiger partial charge in [-0.25, -0.2) is 4.79 Å². The first-order chi connectivity index (χ1) is 15.0. The summed E-state index contributed by atoms with van der Waals surface area (Å²) in [5.74, 6) is 0.583. The van der Waals surface area contributed by atoms with Gasteiger partial charge in [-0.1, -0.05) is 48.0 Å². The van der Waals surface area contributed by atoms with E-state index in [1.807, 2.05) is 13.0 Å². The highest BCUT2D eigenvalue weighted by Crippen LogP contribution is 2.31. The summed E-state index contributed by atoms with van der Waals surface area (Å²) in [6.45, 7) is 12.1. The largest absolute Gasteiger partial charge is 0.462 e. The van der Waals surface area contributed by atoms with E-state index in [2.05, 4.69) is 78.0 Å². The second-order valence-corrected chi connectivity index (χ2v) is 8.25. The molecular formula is C26H31N3O2. The number of hydrogen-bond donors (Lipinski definition) is 1. The third-order valence-corrected chi connectivity index (χ3v) is 6.01. The topological polar surface area (TPSA) is 48.6 Å². The molecule has 0 aliphatic carbocycles. The molecule has 1 fully saturated rings. The second kappa shape index (κ2) is 8.88. The lowest BCUT2D eigenvalue weighted by Crippen LogP contribution is -2.47. The number of nitrogens with zero attached hydrogens (tertiary/aromatic N) is 2. The van der Waals surface area contributed by atoms with E-state index < -0.39 is 0 Å². The third-order valence-electron chi connectivity index (χ3n) is 6.01. The number of para-hydroxylation sites is 1. The monoisotopic (exact) mass is 417 g/mol. The number of benzene rings is 2. The van der Waals surface area contributed by atoms with Gasteiger partial charge in [-0.15, -0.1) is 0 Å². The molecule has 5 heteroatoms. The third kappa shape index (κ3) is 4.31. The quantitative estimate of drug-likeness (QED) is 0.586. The summed E-state index contributed by atoms with van der Waals surface area (Å²) >= 11 is 0. The Morgan fingerprint density at radius 2 is 1.55 bits per heavy atom. The van der Waals surface area contributed by atoms with E-state index in [1.165, 1.54) is 22.4 Å². The number of anilines is 2. The van der Waals surface area contributed by atoms with Crippen LogP contribution in [0.3, 0.4) is 0 Å². The molecule has 3 aromatic rings. The van der Waals surface area contributed by atoms with Crippen molar-refractivity contribution in [3.8, 4) is 11.3 Å². The molecule has 1 saturated heterocycles. The number of nitrogens with one attached hydrogen (secondary N) is 1. The molecule has 0 atom stereocenters. The first-order valence-electron chi connectivity index (χ1n) is 11.0. The van der Waals surface area contributed by atoms with Crippen molar-refractivity contribution in [3.05, 3.63) is 70.8 Å². The van der Waals surface area contributed by atoms with Crippen molar-refractivity contribution in [3.63, 3.8) is 0 Å². The van der Waals surface area contributed by atoms with E-state index in [1.54, 1.807) is 0 Å². The van der Waals surface area contributed by atoms with Crippen molar-refractivity contribution < 1.29 is 9.53 Å². The summed E-state index contributed by atoms with van der Waals surface area (Å²) in [4.78, 5) is 20.9. The molecule has 31 heavy (non-hydrogen) atoms. The number of piperazine rings is 1. The zero-order valence-corrected chi connectivity index (χ0v) is 18.9. The molecule has 0 bridgehead atoms. The van der Waals surface area contributed by atoms with Gasteiger partial charge in [0.05, 0.1) is 6.61 Å². The van der Waals surface area contributed by atoms with Gasteiger partial charge in [-0.3, -0.25) is 0 Å². The van der Waals surface area contributed by atoms with E-state index in [-0.39, 0.29) is 5.97 Å². The maximum atomic E-state index is 12.7. The summed E-state index contributed by atoms with van der Waals surface area (Å²) in [5, 5.41) is 0. The molecule has 1 aliphatic rings. The van der Waals surface area contributed by atoms with Crippen molar-refractivity contribution in [2.24, 2.45) is 0 Å². The summed E-state index contributed by atoms with van der Waals surface area (Å²) in [5.41, 5.74) is 7.78. The molecule has 1 aromatic heterocycles. The van der Waals surface area contributed by atoms with Crippen LogP contribution in [-0.4, -0.2) is 43.7 Å². The molecule has 0 spiro atoms. The van der Waals surface area contributed by atoms with E-state index in [0.29, 0.717) is 12.2 Å². The minimum Gasteiger partial charge on any atom is -0.462 e. The summed E-state index contributed by atoms with van der Waals surface area (Å²) < 4.78 is 5.35. The summed E-state index contributed by atoms with van der Waals surface area (Å²) in [6, 6.07) is 16.7. The molecule has 1 aliphatic heterocycles. The maximum Gasteiger partial charge on any atom is 0.341 e. The molecule has 1 N–H and O–H groups in total. The Morgan fingerprint density at radius 1 is 0.935 bits per heavy atom.